The van der Waals surface area contributed by atoms with Crippen LogP contribution in [0.4, 0.5) is 0 Å². The largest absolute Gasteiger partial charge is 0.394 e. The molecule has 4 N–H and O–H groups in total. The predicted molar refractivity (Wildman–Crippen MR) is 158 cm³/mol. The number of aliphatic hydroxyl groups is 4. The van der Waals surface area contributed by atoms with Crippen molar-refractivity contribution in [2.45, 2.75) is 128 Å². The minimum Gasteiger partial charge on any atom is -0.394 e. The Bertz CT molecular complexity index is 1000. The maximum atomic E-state index is 10.5. The Balaban J connectivity index is 1.14. The van der Waals surface area contributed by atoms with E-state index >= 15 is 0 Å². The molecule has 0 aromatic carbocycles. The molecular weight excluding hydrogens is 518 g/mol. The number of aliphatic hydroxyl groups excluding tert-OH is 4. The van der Waals surface area contributed by atoms with E-state index in [1.165, 1.54) is 50.6 Å². The van der Waals surface area contributed by atoms with Gasteiger partial charge in [0.05, 0.1) is 12.7 Å². The first-order valence-corrected chi connectivity index (χ1v) is 16.6. The van der Waals surface area contributed by atoms with E-state index < -0.39 is 37.3 Å². The Morgan fingerprint density at radius 2 is 1.83 bits per heavy atom. The highest BCUT2D eigenvalue weighted by atomic mass is 16.7. The van der Waals surface area contributed by atoms with Crippen LogP contribution in [0.1, 0.15) is 85.0 Å². The zero-order chi connectivity index (χ0) is 29.1. The lowest BCUT2D eigenvalue weighted by Gasteiger charge is -2.59. The molecule has 7 nitrogen and oxygen atoms in total. The molecule has 14 unspecified atom stereocenters. The molecule has 4 aliphatic carbocycles. The molecule has 232 valence electrons. The summed E-state index contributed by atoms with van der Waals surface area (Å²) in [7, 11) is 2.35. The van der Waals surface area contributed by atoms with Gasteiger partial charge in [0.1, 0.15) is 24.4 Å². The van der Waals surface area contributed by atoms with Gasteiger partial charge in [0.2, 0.25) is 0 Å². The summed E-state index contributed by atoms with van der Waals surface area (Å²) in [5, 5.41) is 40.4. The first-order valence-electron chi connectivity index (χ1n) is 16.6. The zero-order valence-electron chi connectivity index (χ0n) is 25.7. The lowest BCUT2D eigenvalue weighted by atomic mass is 9.46. The molecule has 2 saturated heterocycles. The van der Waals surface area contributed by atoms with Gasteiger partial charge in [0.25, 0.3) is 0 Å². The van der Waals surface area contributed by atoms with E-state index in [1.807, 2.05) is 0 Å². The van der Waals surface area contributed by atoms with E-state index in [-0.39, 0.29) is 11.5 Å². The first-order chi connectivity index (χ1) is 19.6. The SMILES string of the molecule is CC(C1CCCCCN1C)C1C=CC2C3CC=C4CC(OC5OC(CO)C(O)C(O)C5O)CCC4(C)C3CCC12C. The predicted octanol–water partition coefficient (Wildman–Crippen LogP) is 4.04. The van der Waals surface area contributed by atoms with Gasteiger partial charge in [-0.2, -0.15) is 0 Å². The summed E-state index contributed by atoms with van der Waals surface area (Å²) >= 11 is 0. The van der Waals surface area contributed by atoms with Gasteiger partial charge in [-0.1, -0.05) is 57.4 Å². The van der Waals surface area contributed by atoms with E-state index in [0.29, 0.717) is 41.0 Å². The second-order valence-corrected chi connectivity index (χ2v) is 15.1. The highest BCUT2D eigenvalue weighted by molar-refractivity contribution is 5.28. The average Bonchev–Trinajstić information content (AvgIpc) is 3.17. The fraction of sp³-hybridized carbons (Fsp3) is 0.882. The number of allylic oxidation sites excluding steroid dienone is 3. The van der Waals surface area contributed by atoms with Crippen LogP contribution >= 0.6 is 0 Å². The second-order valence-electron chi connectivity index (χ2n) is 15.1. The van der Waals surface area contributed by atoms with Gasteiger partial charge >= 0.3 is 0 Å². The summed E-state index contributed by atoms with van der Waals surface area (Å²) in [6, 6.07) is 0.690. The van der Waals surface area contributed by atoms with E-state index in [4.69, 9.17) is 9.47 Å². The number of rotatable bonds is 5. The van der Waals surface area contributed by atoms with Crippen molar-refractivity contribution in [2.24, 2.45) is 40.4 Å². The summed E-state index contributed by atoms with van der Waals surface area (Å²) < 4.78 is 11.9. The molecule has 7 heteroatoms. The van der Waals surface area contributed by atoms with Gasteiger partial charge in [0.15, 0.2) is 6.29 Å². The van der Waals surface area contributed by atoms with Crippen LogP contribution in [0.25, 0.3) is 0 Å². The van der Waals surface area contributed by atoms with Crippen molar-refractivity contribution in [1.82, 2.24) is 4.90 Å². The van der Waals surface area contributed by atoms with Crippen LogP contribution in [0.3, 0.4) is 0 Å². The quantitative estimate of drug-likeness (QED) is 0.368. The van der Waals surface area contributed by atoms with Crippen molar-refractivity contribution in [3.8, 4) is 0 Å². The first kappa shape index (κ1) is 30.2. The minimum absolute atomic E-state index is 0.116. The molecular formula is C34H55NO6. The maximum absolute atomic E-state index is 10.5. The van der Waals surface area contributed by atoms with E-state index in [1.54, 1.807) is 0 Å². The van der Waals surface area contributed by atoms with Crippen LogP contribution in [0, 0.1) is 40.4 Å². The molecule has 2 saturated carbocycles. The summed E-state index contributed by atoms with van der Waals surface area (Å²) in [4.78, 5) is 2.66. The van der Waals surface area contributed by atoms with E-state index in [2.05, 4.69) is 50.9 Å². The third kappa shape index (κ3) is 5.09. The molecule has 41 heavy (non-hydrogen) atoms. The van der Waals surface area contributed by atoms with Crippen LogP contribution in [-0.2, 0) is 9.47 Å². The van der Waals surface area contributed by atoms with Crippen LogP contribution in [-0.4, -0.2) is 88.4 Å². The van der Waals surface area contributed by atoms with Gasteiger partial charge in [-0.05, 0) is 105 Å². The van der Waals surface area contributed by atoms with Gasteiger partial charge in [0, 0.05) is 6.04 Å². The summed E-state index contributed by atoms with van der Waals surface area (Å²) in [5.74, 6) is 3.34. The number of likely N-dealkylation sites (tertiary alicyclic amines) is 1. The molecule has 0 aromatic heterocycles. The Morgan fingerprint density at radius 3 is 2.61 bits per heavy atom. The normalized spacial score (nSPS) is 51.2. The molecule has 6 rings (SSSR count). The standard InChI is InChI=1S/C34H55NO6/c1-20(27-8-6-5-7-17-35(27)4)24-11-12-25-23-10-9-21-18-22(13-15-33(21,2)26(23)14-16-34(24,25)3)40-32-31(39)30(38)29(37)28(19-36)41-32/h9,11-12,20,22-32,36-39H,5-8,10,13-19H2,1-4H3. The van der Waals surface area contributed by atoms with E-state index in [0.717, 1.165) is 25.7 Å². The topological polar surface area (TPSA) is 103 Å². The number of fused-ring (bicyclic) bond motifs is 5. The number of ether oxygens (including phenoxy) is 2. The van der Waals surface area contributed by atoms with Crippen molar-refractivity contribution in [1.29, 1.82) is 0 Å². The van der Waals surface area contributed by atoms with Gasteiger partial charge in [-0.25, -0.2) is 0 Å². The van der Waals surface area contributed by atoms with Crippen molar-refractivity contribution in [3.05, 3.63) is 23.8 Å². The fourth-order valence-electron chi connectivity index (χ4n) is 10.6. The fourth-order valence-corrected chi connectivity index (χ4v) is 10.6. The van der Waals surface area contributed by atoms with Crippen LogP contribution in [0.15, 0.2) is 23.8 Å². The molecule has 0 radical (unpaired) electrons. The number of hydrogen-bond acceptors (Lipinski definition) is 7. The monoisotopic (exact) mass is 573 g/mol. The molecule has 0 amide bonds. The van der Waals surface area contributed by atoms with Crippen LogP contribution in [0.2, 0.25) is 0 Å². The molecule has 0 spiro atoms. The molecule has 2 aliphatic heterocycles. The Kier molecular flexibility index (Phi) is 8.56. The van der Waals surface area contributed by atoms with Crippen LogP contribution in [0.5, 0.6) is 0 Å². The van der Waals surface area contributed by atoms with E-state index in [9.17, 15) is 20.4 Å². The Labute approximate surface area is 247 Å². The van der Waals surface area contributed by atoms with Crippen molar-refractivity contribution in [2.75, 3.05) is 20.2 Å². The molecule has 2 heterocycles. The van der Waals surface area contributed by atoms with Crippen LogP contribution < -0.4 is 0 Å². The minimum atomic E-state index is -1.40. The molecule has 0 aromatic rings. The average molecular weight is 574 g/mol. The molecule has 0 bridgehead atoms. The molecule has 6 aliphatic rings. The lowest BCUT2D eigenvalue weighted by Crippen LogP contribution is -2.60. The van der Waals surface area contributed by atoms with Crippen molar-refractivity contribution in [3.63, 3.8) is 0 Å². The Hall–Kier alpha value is -0.800. The van der Waals surface area contributed by atoms with Gasteiger partial charge < -0.3 is 34.8 Å². The highest BCUT2D eigenvalue weighted by Gasteiger charge is 2.58. The second kappa shape index (κ2) is 11.6. The van der Waals surface area contributed by atoms with Gasteiger partial charge in [-0.15, -0.1) is 0 Å². The third-order valence-electron chi connectivity index (χ3n) is 13.1. The molecule has 4 fully saturated rings. The summed E-state index contributed by atoms with van der Waals surface area (Å²) in [5.41, 5.74) is 1.99. The molecule has 14 atom stereocenters. The highest BCUT2D eigenvalue weighted by Crippen LogP contribution is 2.65. The number of hydrogen-bond donors (Lipinski definition) is 4. The maximum Gasteiger partial charge on any atom is 0.186 e. The van der Waals surface area contributed by atoms with Crippen molar-refractivity contribution >= 4 is 0 Å². The van der Waals surface area contributed by atoms with Crippen molar-refractivity contribution < 1.29 is 29.9 Å². The Morgan fingerprint density at radius 1 is 1.02 bits per heavy atom. The summed E-state index contributed by atoms with van der Waals surface area (Å²) in [6.07, 6.45) is 13.4. The lowest BCUT2D eigenvalue weighted by molar-refractivity contribution is -0.313. The summed E-state index contributed by atoms with van der Waals surface area (Å²) in [6.45, 7) is 8.44. The zero-order valence-corrected chi connectivity index (χ0v) is 25.7. The smallest absolute Gasteiger partial charge is 0.186 e. The number of nitrogens with zero attached hydrogens (tertiary/aromatic N) is 1. The third-order valence-corrected chi connectivity index (χ3v) is 13.1. The van der Waals surface area contributed by atoms with Gasteiger partial charge in [-0.3, -0.25) is 0 Å².